The average molecular weight is 246 g/mol. The number of hydrogen-bond donors (Lipinski definition) is 1. The summed E-state index contributed by atoms with van der Waals surface area (Å²) in [7, 11) is 0. The molecule has 2 aliphatic rings. The molecule has 1 aliphatic heterocycles. The highest BCUT2D eigenvalue weighted by molar-refractivity contribution is 5.39. The van der Waals surface area contributed by atoms with Crippen molar-refractivity contribution in [1.82, 2.24) is 0 Å². The highest BCUT2D eigenvalue weighted by atomic mass is 16.5. The Balaban J connectivity index is 1.78. The molecular formula is C16H22O2. The molecule has 1 saturated carbocycles. The molecule has 1 fully saturated rings. The Bertz CT molecular complexity index is 408. The fourth-order valence-corrected chi connectivity index (χ4v) is 3.29. The van der Waals surface area contributed by atoms with E-state index in [2.05, 4.69) is 6.07 Å². The van der Waals surface area contributed by atoms with E-state index in [-0.39, 0.29) is 6.10 Å². The van der Waals surface area contributed by atoms with E-state index < -0.39 is 0 Å². The molecule has 3 rings (SSSR count). The summed E-state index contributed by atoms with van der Waals surface area (Å²) in [5.74, 6) is 1.47. The second kappa shape index (κ2) is 5.31. The average Bonchev–Trinajstić information content (AvgIpc) is 2.47. The van der Waals surface area contributed by atoms with Gasteiger partial charge >= 0.3 is 0 Å². The molecule has 1 atom stereocenters. The van der Waals surface area contributed by atoms with E-state index in [0.29, 0.717) is 5.92 Å². The zero-order valence-corrected chi connectivity index (χ0v) is 10.9. The summed E-state index contributed by atoms with van der Waals surface area (Å²) >= 11 is 0. The molecule has 1 N–H and O–H groups in total. The van der Waals surface area contributed by atoms with E-state index in [1.54, 1.807) is 0 Å². The van der Waals surface area contributed by atoms with Crippen LogP contribution >= 0.6 is 0 Å². The molecule has 1 aromatic carbocycles. The number of aliphatic hydroxyl groups excluding tert-OH is 1. The van der Waals surface area contributed by atoms with E-state index in [1.165, 1.54) is 37.7 Å². The summed E-state index contributed by atoms with van der Waals surface area (Å²) in [6.45, 7) is 0.831. The lowest BCUT2D eigenvalue weighted by Crippen LogP contribution is -2.17. The van der Waals surface area contributed by atoms with Gasteiger partial charge in [-0.05, 0) is 54.9 Å². The van der Waals surface area contributed by atoms with Crippen molar-refractivity contribution >= 4 is 0 Å². The number of fused-ring (bicyclic) bond motifs is 1. The first-order valence-corrected chi connectivity index (χ1v) is 7.28. The minimum Gasteiger partial charge on any atom is -0.493 e. The van der Waals surface area contributed by atoms with Crippen LogP contribution in [-0.4, -0.2) is 11.7 Å². The summed E-state index contributed by atoms with van der Waals surface area (Å²) in [6, 6.07) is 6.24. The smallest absolute Gasteiger partial charge is 0.122 e. The first-order valence-electron chi connectivity index (χ1n) is 7.28. The predicted octanol–water partition coefficient (Wildman–Crippen LogP) is 3.63. The molecule has 18 heavy (non-hydrogen) atoms. The molecule has 1 aliphatic carbocycles. The van der Waals surface area contributed by atoms with Gasteiger partial charge in [-0.15, -0.1) is 0 Å². The van der Waals surface area contributed by atoms with Crippen molar-refractivity contribution in [2.24, 2.45) is 5.92 Å². The topological polar surface area (TPSA) is 29.5 Å². The number of rotatable bonds is 2. The van der Waals surface area contributed by atoms with Crippen molar-refractivity contribution in [3.05, 3.63) is 29.3 Å². The van der Waals surface area contributed by atoms with Gasteiger partial charge in [0.1, 0.15) is 5.75 Å². The van der Waals surface area contributed by atoms with E-state index >= 15 is 0 Å². The maximum Gasteiger partial charge on any atom is 0.122 e. The van der Waals surface area contributed by atoms with Crippen molar-refractivity contribution in [3.63, 3.8) is 0 Å². The molecule has 1 heterocycles. The third-order valence-electron chi connectivity index (χ3n) is 4.37. The number of aryl methyl sites for hydroxylation is 1. The predicted molar refractivity (Wildman–Crippen MR) is 71.8 cm³/mol. The molecule has 0 bridgehead atoms. The molecule has 0 radical (unpaired) electrons. The molecule has 0 spiro atoms. The van der Waals surface area contributed by atoms with E-state index in [4.69, 9.17) is 4.74 Å². The Kier molecular flexibility index (Phi) is 3.55. The Morgan fingerprint density at radius 3 is 2.78 bits per heavy atom. The lowest BCUT2D eigenvalue weighted by atomic mass is 9.82. The quantitative estimate of drug-likeness (QED) is 0.863. The number of ether oxygens (including phenoxy) is 1. The van der Waals surface area contributed by atoms with Crippen molar-refractivity contribution in [1.29, 1.82) is 0 Å². The number of aliphatic hydroxyl groups is 1. The fraction of sp³-hybridized carbons (Fsp3) is 0.625. The summed E-state index contributed by atoms with van der Waals surface area (Å²) < 4.78 is 5.62. The zero-order chi connectivity index (χ0) is 12.4. The monoisotopic (exact) mass is 246 g/mol. The lowest BCUT2D eigenvalue weighted by molar-refractivity contribution is 0.0846. The van der Waals surface area contributed by atoms with Crippen LogP contribution in [0.4, 0.5) is 0 Å². The van der Waals surface area contributed by atoms with E-state index in [0.717, 1.165) is 30.8 Å². The van der Waals surface area contributed by atoms with E-state index in [1.807, 2.05) is 12.1 Å². The molecule has 0 aromatic heterocycles. The lowest BCUT2D eigenvalue weighted by Gasteiger charge is -2.28. The van der Waals surface area contributed by atoms with Gasteiger partial charge in [0.25, 0.3) is 0 Å². The molecular weight excluding hydrogens is 224 g/mol. The van der Waals surface area contributed by atoms with Gasteiger partial charge in [-0.25, -0.2) is 0 Å². The van der Waals surface area contributed by atoms with Crippen LogP contribution in [0, 0.1) is 5.92 Å². The van der Waals surface area contributed by atoms with Gasteiger partial charge in [0.2, 0.25) is 0 Å². The first kappa shape index (κ1) is 12.0. The van der Waals surface area contributed by atoms with Crippen LogP contribution in [-0.2, 0) is 6.42 Å². The second-order valence-corrected chi connectivity index (χ2v) is 5.66. The third-order valence-corrected chi connectivity index (χ3v) is 4.37. The van der Waals surface area contributed by atoms with Gasteiger partial charge in [0, 0.05) is 0 Å². The number of hydrogen-bond acceptors (Lipinski definition) is 2. The van der Waals surface area contributed by atoms with Gasteiger partial charge in [-0.3, -0.25) is 0 Å². The van der Waals surface area contributed by atoms with Gasteiger partial charge in [0.15, 0.2) is 0 Å². The van der Waals surface area contributed by atoms with Crippen LogP contribution in [0.2, 0.25) is 0 Å². The van der Waals surface area contributed by atoms with Crippen LogP contribution in [0.1, 0.15) is 55.8 Å². The standard InChI is InChI=1S/C16H22O2/c17-16(12-5-2-1-3-6-12)14-8-9-15-13(11-14)7-4-10-18-15/h8-9,11-12,16-17H,1-7,10H2. The molecule has 2 nitrogen and oxygen atoms in total. The highest BCUT2D eigenvalue weighted by Crippen LogP contribution is 2.36. The minimum atomic E-state index is -0.280. The van der Waals surface area contributed by atoms with Crippen LogP contribution < -0.4 is 4.74 Å². The maximum atomic E-state index is 10.5. The molecule has 2 heteroatoms. The normalized spacial score (nSPS) is 22.1. The molecule has 98 valence electrons. The van der Waals surface area contributed by atoms with Crippen LogP contribution in [0.15, 0.2) is 18.2 Å². The largest absolute Gasteiger partial charge is 0.493 e. The maximum absolute atomic E-state index is 10.5. The first-order chi connectivity index (χ1) is 8.84. The van der Waals surface area contributed by atoms with E-state index in [9.17, 15) is 5.11 Å². The van der Waals surface area contributed by atoms with Gasteiger partial charge in [-0.2, -0.15) is 0 Å². The van der Waals surface area contributed by atoms with Gasteiger partial charge < -0.3 is 9.84 Å². The number of benzene rings is 1. The van der Waals surface area contributed by atoms with Crippen LogP contribution in [0.25, 0.3) is 0 Å². The Labute approximate surface area is 109 Å². The Hall–Kier alpha value is -1.02. The van der Waals surface area contributed by atoms with Gasteiger partial charge in [0.05, 0.1) is 12.7 Å². The Morgan fingerprint density at radius 1 is 1.11 bits per heavy atom. The summed E-state index contributed by atoms with van der Waals surface area (Å²) in [5, 5.41) is 10.5. The van der Waals surface area contributed by atoms with Crippen LogP contribution in [0.3, 0.4) is 0 Å². The fourth-order valence-electron chi connectivity index (χ4n) is 3.29. The van der Waals surface area contributed by atoms with Gasteiger partial charge in [-0.1, -0.05) is 25.3 Å². The third kappa shape index (κ3) is 2.39. The summed E-state index contributed by atoms with van der Waals surface area (Å²) in [4.78, 5) is 0. The molecule has 1 unspecified atom stereocenters. The Morgan fingerprint density at radius 2 is 1.94 bits per heavy atom. The summed E-state index contributed by atoms with van der Waals surface area (Å²) in [5.41, 5.74) is 2.36. The molecule has 1 aromatic rings. The van der Waals surface area contributed by atoms with Crippen molar-refractivity contribution in [2.45, 2.75) is 51.0 Å². The second-order valence-electron chi connectivity index (χ2n) is 5.66. The zero-order valence-electron chi connectivity index (χ0n) is 10.9. The van der Waals surface area contributed by atoms with Crippen molar-refractivity contribution in [3.8, 4) is 5.75 Å². The summed E-state index contributed by atoms with van der Waals surface area (Å²) in [6.07, 6.45) is 8.13. The SMILES string of the molecule is OC(c1ccc2c(c1)CCCO2)C1CCCCC1. The van der Waals surface area contributed by atoms with Crippen molar-refractivity contribution < 1.29 is 9.84 Å². The van der Waals surface area contributed by atoms with Crippen LogP contribution in [0.5, 0.6) is 5.75 Å². The molecule has 0 saturated heterocycles. The van der Waals surface area contributed by atoms with Crippen molar-refractivity contribution in [2.75, 3.05) is 6.61 Å². The molecule has 0 amide bonds. The minimum absolute atomic E-state index is 0.280. The highest BCUT2D eigenvalue weighted by Gasteiger charge is 2.24.